The molecule has 2 aromatic heterocycles. The molecule has 11 rings (SSSR count). The van der Waals surface area contributed by atoms with Crippen molar-refractivity contribution < 1.29 is 4.11 Å². The van der Waals surface area contributed by atoms with Crippen LogP contribution in [0, 0.1) is 0 Å². The lowest BCUT2D eigenvalue weighted by Gasteiger charge is -2.37. The van der Waals surface area contributed by atoms with Crippen LogP contribution in [0.2, 0.25) is 0 Å². The number of para-hydroxylation sites is 1. The molecule has 9 aromatic rings. The largest absolute Gasteiger partial charge is 0.278 e. The molecule has 0 radical (unpaired) electrons. The van der Waals surface area contributed by atoms with Crippen LogP contribution in [-0.4, -0.2) is 14.5 Å². The summed E-state index contributed by atoms with van der Waals surface area (Å²) in [5.74, 6) is 0.439. The first-order chi connectivity index (χ1) is 24.1. The third-order valence-corrected chi connectivity index (χ3v) is 10.2. The third-order valence-electron chi connectivity index (χ3n) is 10.2. The fourth-order valence-electron chi connectivity index (χ4n) is 8.45. The molecule has 0 unspecified atom stereocenters. The van der Waals surface area contributed by atoms with E-state index in [9.17, 15) is 4.11 Å². The van der Waals surface area contributed by atoms with Gasteiger partial charge in [0.05, 0.1) is 31.8 Å². The van der Waals surface area contributed by atoms with Crippen molar-refractivity contribution in [2.75, 3.05) is 0 Å². The molecule has 0 fully saturated rings. The van der Waals surface area contributed by atoms with Crippen LogP contribution in [-0.2, 0) is 5.41 Å². The van der Waals surface area contributed by atoms with Crippen molar-refractivity contribution in [3.8, 4) is 28.3 Å². The summed E-state index contributed by atoms with van der Waals surface area (Å²) in [5.41, 5.74) is 9.43. The van der Waals surface area contributed by atoms with Crippen molar-refractivity contribution in [2.45, 2.75) is 5.41 Å². The molecule has 2 aliphatic rings. The average Bonchev–Trinajstić information content (AvgIpc) is 3.65. The van der Waals surface area contributed by atoms with Gasteiger partial charge in [-0.05, 0) is 62.3 Å². The first-order valence-corrected chi connectivity index (χ1v) is 15.6. The molecule has 0 bridgehead atoms. The second-order valence-electron chi connectivity index (χ2n) is 12.3. The van der Waals surface area contributed by atoms with Gasteiger partial charge < -0.3 is 0 Å². The standard InChI is InChI=1S/C43H25N3/c1-2-12-27(13-3-1)41-30-17-6-9-22-35(30)44-42(45-41)46-36-23-11-21-34-39(36)40-37(46)25-24-26-14-10-20-33(38(26)40)43(34)31-18-7-4-15-28(31)29-16-5-8-19-32(29)43/h1-25H/i11D,21D,23D. The molecule has 0 amide bonds. The fourth-order valence-corrected chi connectivity index (χ4v) is 8.45. The number of fused-ring (bicyclic) bond motifs is 8. The molecule has 0 saturated carbocycles. The summed E-state index contributed by atoms with van der Waals surface area (Å²) < 4.78 is 30.6. The van der Waals surface area contributed by atoms with E-state index in [0.29, 0.717) is 11.5 Å². The summed E-state index contributed by atoms with van der Waals surface area (Å²) in [7, 11) is 0. The third kappa shape index (κ3) is 2.80. The van der Waals surface area contributed by atoms with Crippen molar-refractivity contribution in [3.63, 3.8) is 0 Å². The highest BCUT2D eigenvalue weighted by atomic mass is 15.2. The molecule has 2 aliphatic carbocycles. The van der Waals surface area contributed by atoms with Gasteiger partial charge in [0, 0.05) is 21.7 Å². The molecule has 3 heteroatoms. The van der Waals surface area contributed by atoms with Crippen LogP contribution in [0.25, 0.3) is 71.8 Å². The topological polar surface area (TPSA) is 30.7 Å². The van der Waals surface area contributed by atoms with Crippen molar-refractivity contribution in [1.29, 1.82) is 0 Å². The van der Waals surface area contributed by atoms with Crippen LogP contribution in [0.1, 0.15) is 26.4 Å². The predicted molar refractivity (Wildman–Crippen MR) is 188 cm³/mol. The molecule has 7 aromatic carbocycles. The average molecular weight is 587 g/mol. The Labute approximate surface area is 269 Å². The van der Waals surface area contributed by atoms with Crippen molar-refractivity contribution >= 4 is 43.5 Å². The van der Waals surface area contributed by atoms with E-state index in [1.54, 1.807) is 0 Å². The first-order valence-electron chi connectivity index (χ1n) is 17.1. The molecule has 0 N–H and O–H groups in total. The smallest absolute Gasteiger partial charge is 0.235 e. The minimum Gasteiger partial charge on any atom is -0.278 e. The number of hydrogen-bond donors (Lipinski definition) is 0. The molecule has 212 valence electrons. The Morgan fingerprint density at radius 3 is 2.07 bits per heavy atom. The van der Waals surface area contributed by atoms with Gasteiger partial charge in [0.2, 0.25) is 5.95 Å². The van der Waals surface area contributed by atoms with E-state index in [4.69, 9.17) is 9.97 Å². The Morgan fingerprint density at radius 2 is 1.24 bits per heavy atom. The summed E-state index contributed by atoms with van der Waals surface area (Å²) in [6.07, 6.45) is 0. The SMILES string of the molecule is [2H]c1c([2H])c([2H])c2c3c1C1(c4ccccc4-c4ccccc41)c1cccc4ccc(c3c14)n2-c1nc(-c2ccccc2)c2ccccc2n1. The van der Waals surface area contributed by atoms with Crippen LogP contribution < -0.4 is 0 Å². The highest BCUT2D eigenvalue weighted by Crippen LogP contribution is 2.61. The van der Waals surface area contributed by atoms with E-state index in [-0.39, 0.29) is 18.1 Å². The quantitative estimate of drug-likeness (QED) is 0.202. The second-order valence-corrected chi connectivity index (χ2v) is 12.3. The van der Waals surface area contributed by atoms with E-state index in [2.05, 4.69) is 91.0 Å². The monoisotopic (exact) mass is 586 g/mol. The number of benzene rings is 7. The highest BCUT2D eigenvalue weighted by molar-refractivity contribution is 6.26. The van der Waals surface area contributed by atoms with Gasteiger partial charge in [-0.15, -0.1) is 0 Å². The summed E-state index contributed by atoms with van der Waals surface area (Å²) in [6, 6.07) is 45.8. The Kier molecular flexibility index (Phi) is 4.02. The molecule has 46 heavy (non-hydrogen) atoms. The Bertz CT molecular complexity index is 2880. The maximum Gasteiger partial charge on any atom is 0.235 e. The van der Waals surface area contributed by atoms with Crippen LogP contribution >= 0.6 is 0 Å². The predicted octanol–water partition coefficient (Wildman–Crippen LogP) is 10.2. The van der Waals surface area contributed by atoms with Gasteiger partial charge in [0.1, 0.15) is 0 Å². The summed E-state index contributed by atoms with van der Waals surface area (Å²) in [5, 5.41) is 4.94. The number of aromatic nitrogens is 3. The van der Waals surface area contributed by atoms with Gasteiger partial charge in [0.25, 0.3) is 0 Å². The zero-order valence-electron chi connectivity index (χ0n) is 27.5. The zero-order chi connectivity index (χ0) is 32.6. The van der Waals surface area contributed by atoms with Gasteiger partial charge in [-0.3, -0.25) is 4.57 Å². The highest BCUT2D eigenvalue weighted by Gasteiger charge is 2.49. The Hall–Kier alpha value is -6.06. The normalized spacial score (nSPS) is 14.7. The minimum atomic E-state index is -0.849. The van der Waals surface area contributed by atoms with Gasteiger partial charge in [-0.25, -0.2) is 9.97 Å². The zero-order valence-corrected chi connectivity index (χ0v) is 24.5. The molecular weight excluding hydrogens is 558 g/mol. The summed E-state index contributed by atoms with van der Waals surface area (Å²) >= 11 is 0. The van der Waals surface area contributed by atoms with Crippen LogP contribution in [0.15, 0.2) is 152 Å². The lowest BCUT2D eigenvalue weighted by Crippen LogP contribution is -2.30. The van der Waals surface area contributed by atoms with Crippen molar-refractivity contribution in [3.05, 3.63) is 174 Å². The van der Waals surface area contributed by atoms with Crippen LogP contribution in [0.3, 0.4) is 0 Å². The van der Waals surface area contributed by atoms with Gasteiger partial charge in [-0.2, -0.15) is 0 Å². The molecule has 0 saturated heterocycles. The van der Waals surface area contributed by atoms with Gasteiger partial charge >= 0.3 is 0 Å². The fraction of sp³-hybridized carbons (Fsp3) is 0.0233. The number of hydrogen-bond acceptors (Lipinski definition) is 2. The van der Waals surface area contributed by atoms with Gasteiger partial charge in [0.15, 0.2) is 0 Å². The van der Waals surface area contributed by atoms with Gasteiger partial charge in [-0.1, -0.05) is 133 Å². The minimum absolute atomic E-state index is 0.000202. The molecule has 0 aliphatic heterocycles. The van der Waals surface area contributed by atoms with Crippen LogP contribution in [0.5, 0.6) is 0 Å². The van der Waals surface area contributed by atoms with E-state index < -0.39 is 5.41 Å². The Balaban J connectivity index is 1.39. The molecule has 2 heterocycles. The molecule has 1 spiro atoms. The maximum atomic E-state index is 9.71. The second kappa shape index (κ2) is 8.56. The maximum absolute atomic E-state index is 9.71. The van der Waals surface area contributed by atoms with Crippen molar-refractivity contribution in [2.24, 2.45) is 0 Å². The molecule has 0 atom stereocenters. The lowest BCUT2D eigenvalue weighted by molar-refractivity contribution is 0.783. The Morgan fingerprint density at radius 1 is 0.522 bits per heavy atom. The number of rotatable bonds is 2. The summed E-state index contributed by atoms with van der Waals surface area (Å²) in [6.45, 7) is 0. The van der Waals surface area contributed by atoms with E-state index in [1.165, 1.54) is 0 Å². The summed E-state index contributed by atoms with van der Waals surface area (Å²) in [4.78, 5) is 10.4. The van der Waals surface area contributed by atoms with E-state index in [0.717, 1.165) is 82.6 Å². The lowest BCUT2D eigenvalue weighted by atomic mass is 9.63. The number of nitrogens with zero attached hydrogens (tertiary/aromatic N) is 3. The van der Waals surface area contributed by atoms with E-state index >= 15 is 0 Å². The van der Waals surface area contributed by atoms with Crippen molar-refractivity contribution in [1.82, 2.24) is 14.5 Å². The first kappa shape index (κ1) is 21.6. The molecule has 3 nitrogen and oxygen atoms in total. The van der Waals surface area contributed by atoms with E-state index in [1.807, 2.05) is 47.0 Å². The van der Waals surface area contributed by atoms with Crippen LogP contribution in [0.4, 0.5) is 0 Å². The molecular formula is C43H25N3.